The summed E-state index contributed by atoms with van der Waals surface area (Å²) < 4.78 is 11.2. The number of hydrogen-bond donors (Lipinski definition) is 4. The molecule has 0 aliphatic carbocycles. The molecule has 2 heterocycles. The number of carbonyl (C=O) groups is 1. The van der Waals surface area contributed by atoms with Crippen LogP contribution in [0, 0.1) is 0 Å². The Morgan fingerprint density at radius 3 is 2.08 bits per heavy atom. The Kier molecular flexibility index (Phi) is 11.7. The van der Waals surface area contributed by atoms with Crippen molar-refractivity contribution in [3.63, 3.8) is 0 Å². The maximum atomic E-state index is 12.0. The highest BCUT2D eigenvalue weighted by Crippen LogP contribution is 2.14. The van der Waals surface area contributed by atoms with Crippen molar-refractivity contribution in [2.24, 2.45) is 0 Å². The number of aromatic nitrogens is 3. The highest BCUT2D eigenvalue weighted by molar-refractivity contribution is 5.94. The summed E-state index contributed by atoms with van der Waals surface area (Å²) in [6, 6.07) is 19.5. The van der Waals surface area contributed by atoms with E-state index in [1.165, 1.54) is 5.56 Å². The van der Waals surface area contributed by atoms with E-state index in [9.17, 15) is 4.79 Å². The SMILES string of the molecule is O=C(NCCOCCOCCNc1nc(NCCc2ccccc2)nc(N2CCNCC2)n1)c1ccccc1. The Morgan fingerprint density at radius 1 is 0.769 bits per heavy atom. The van der Waals surface area contributed by atoms with Gasteiger partial charge in [0.05, 0.1) is 26.4 Å². The fraction of sp³-hybridized carbons (Fsp3) is 0.429. The maximum absolute atomic E-state index is 12.0. The molecule has 1 aliphatic heterocycles. The van der Waals surface area contributed by atoms with E-state index < -0.39 is 0 Å². The molecule has 11 nitrogen and oxygen atoms in total. The Bertz CT molecular complexity index is 1110. The molecule has 0 bridgehead atoms. The molecular formula is C28H38N8O3. The number of nitrogens with zero attached hydrogens (tertiary/aromatic N) is 4. The predicted octanol–water partition coefficient (Wildman–Crippen LogP) is 1.81. The number of amides is 1. The molecule has 0 atom stereocenters. The lowest BCUT2D eigenvalue weighted by Crippen LogP contribution is -2.44. The summed E-state index contributed by atoms with van der Waals surface area (Å²) in [6.07, 6.45) is 0.882. The summed E-state index contributed by atoms with van der Waals surface area (Å²) in [5.74, 6) is 1.65. The second kappa shape index (κ2) is 16.2. The minimum atomic E-state index is -0.102. The molecule has 1 saturated heterocycles. The minimum absolute atomic E-state index is 0.102. The third-order valence-corrected chi connectivity index (χ3v) is 6.03. The van der Waals surface area contributed by atoms with Crippen molar-refractivity contribution in [1.29, 1.82) is 0 Å². The van der Waals surface area contributed by atoms with Crippen LogP contribution < -0.4 is 26.2 Å². The van der Waals surface area contributed by atoms with Crippen LogP contribution in [0.5, 0.6) is 0 Å². The third-order valence-electron chi connectivity index (χ3n) is 6.03. The predicted molar refractivity (Wildman–Crippen MR) is 152 cm³/mol. The zero-order valence-electron chi connectivity index (χ0n) is 22.3. The summed E-state index contributed by atoms with van der Waals surface area (Å²) in [5, 5.41) is 12.8. The van der Waals surface area contributed by atoms with Gasteiger partial charge in [-0.15, -0.1) is 0 Å². The van der Waals surface area contributed by atoms with Crippen molar-refractivity contribution in [1.82, 2.24) is 25.6 Å². The number of carbonyl (C=O) groups excluding carboxylic acids is 1. The summed E-state index contributed by atoms with van der Waals surface area (Å²) in [6.45, 7) is 7.08. The number of ether oxygens (including phenoxy) is 2. The average molecular weight is 535 g/mol. The molecular weight excluding hydrogens is 496 g/mol. The number of benzene rings is 2. The van der Waals surface area contributed by atoms with E-state index in [1.54, 1.807) is 12.1 Å². The molecule has 4 rings (SSSR count). The summed E-state index contributed by atoms with van der Waals surface area (Å²) in [4.78, 5) is 28.0. The quantitative estimate of drug-likeness (QED) is 0.202. The van der Waals surface area contributed by atoms with E-state index in [0.29, 0.717) is 62.9 Å². The molecule has 1 amide bonds. The molecule has 3 aromatic rings. The first-order chi connectivity index (χ1) is 19.3. The largest absolute Gasteiger partial charge is 0.377 e. The summed E-state index contributed by atoms with van der Waals surface area (Å²) >= 11 is 0. The van der Waals surface area contributed by atoms with Crippen molar-refractivity contribution in [3.8, 4) is 0 Å². The molecule has 1 aliphatic rings. The average Bonchev–Trinajstić information content (AvgIpc) is 2.99. The van der Waals surface area contributed by atoms with Gasteiger partial charge in [-0.1, -0.05) is 48.5 Å². The second-order valence-corrected chi connectivity index (χ2v) is 8.96. The van der Waals surface area contributed by atoms with E-state index >= 15 is 0 Å². The zero-order valence-corrected chi connectivity index (χ0v) is 22.3. The molecule has 0 radical (unpaired) electrons. The van der Waals surface area contributed by atoms with Crippen LogP contribution in [0.2, 0.25) is 0 Å². The molecule has 0 unspecified atom stereocenters. The number of anilines is 3. The van der Waals surface area contributed by atoms with Crippen molar-refractivity contribution in [2.75, 3.05) is 87.8 Å². The van der Waals surface area contributed by atoms with Gasteiger partial charge in [0.2, 0.25) is 17.8 Å². The van der Waals surface area contributed by atoms with E-state index in [0.717, 1.165) is 39.1 Å². The van der Waals surface area contributed by atoms with Gasteiger partial charge in [-0.25, -0.2) is 0 Å². The van der Waals surface area contributed by atoms with Gasteiger partial charge in [-0.3, -0.25) is 4.79 Å². The Labute approximate surface area is 229 Å². The Morgan fingerprint density at radius 2 is 1.38 bits per heavy atom. The lowest BCUT2D eigenvalue weighted by molar-refractivity contribution is 0.0519. The molecule has 39 heavy (non-hydrogen) atoms. The van der Waals surface area contributed by atoms with E-state index in [1.807, 2.05) is 36.4 Å². The van der Waals surface area contributed by atoms with Gasteiger partial charge in [0, 0.05) is 51.4 Å². The monoisotopic (exact) mass is 534 g/mol. The van der Waals surface area contributed by atoms with E-state index in [-0.39, 0.29) is 5.91 Å². The fourth-order valence-electron chi connectivity index (χ4n) is 3.98. The first-order valence-electron chi connectivity index (χ1n) is 13.5. The molecule has 1 aromatic heterocycles. The third kappa shape index (κ3) is 10.1. The number of rotatable bonds is 16. The molecule has 2 aromatic carbocycles. The summed E-state index contributed by atoms with van der Waals surface area (Å²) in [5.41, 5.74) is 1.90. The van der Waals surface area contributed by atoms with Crippen molar-refractivity contribution >= 4 is 23.8 Å². The number of piperazine rings is 1. The molecule has 0 spiro atoms. The van der Waals surface area contributed by atoms with Crippen LogP contribution in [-0.2, 0) is 15.9 Å². The Balaban J connectivity index is 1.14. The van der Waals surface area contributed by atoms with Gasteiger partial charge < -0.3 is 35.6 Å². The van der Waals surface area contributed by atoms with E-state index in [2.05, 4.69) is 53.3 Å². The van der Waals surface area contributed by atoms with Crippen LogP contribution in [0.3, 0.4) is 0 Å². The van der Waals surface area contributed by atoms with Crippen LogP contribution >= 0.6 is 0 Å². The number of nitrogens with one attached hydrogen (secondary N) is 4. The molecule has 4 N–H and O–H groups in total. The molecule has 208 valence electrons. The maximum Gasteiger partial charge on any atom is 0.251 e. The van der Waals surface area contributed by atoms with Gasteiger partial charge in [0.1, 0.15) is 0 Å². The first kappa shape index (κ1) is 28.2. The zero-order chi connectivity index (χ0) is 27.0. The topological polar surface area (TPSA) is 126 Å². The van der Waals surface area contributed by atoms with Crippen molar-refractivity contribution in [3.05, 3.63) is 71.8 Å². The molecule has 1 fully saturated rings. The molecule has 11 heteroatoms. The normalized spacial score (nSPS) is 13.2. The fourth-order valence-corrected chi connectivity index (χ4v) is 3.98. The van der Waals surface area contributed by atoms with Crippen molar-refractivity contribution < 1.29 is 14.3 Å². The summed E-state index contributed by atoms with van der Waals surface area (Å²) in [7, 11) is 0. The highest BCUT2D eigenvalue weighted by atomic mass is 16.5. The second-order valence-electron chi connectivity index (χ2n) is 8.96. The standard InChI is InChI=1S/C28H38N8O3/c37-25(24-9-5-2-6-10-24)30-15-19-38-21-22-39-20-16-32-27-33-26(31-12-11-23-7-3-1-4-8-23)34-28(35-27)36-17-13-29-14-18-36/h1-10,29H,11-22H2,(H,30,37)(H2,31,32,33,34,35). The van der Waals surface area contributed by atoms with Gasteiger partial charge in [0.25, 0.3) is 5.91 Å². The van der Waals surface area contributed by atoms with Crippen LogP contribution in [0.1, 0.15) is 15.9 Å². The smallest absolute Gasteiger partial charge is 0.251 e. The molecule has 0 saturated carbocycles. The van der Waals surface area contributed by atoms with Gasteiger partial charge in [0.15, 0.2) is 0 Å². The lowest BCUT2D eigenvalue weighted by Gasteiger charge is -2.27. The van der Waals surface area contributed by atoms with Crippen LogP contribution in [-0.4, -0.2) is 93.1 Å². The van der Waals surface area contributed by atoms with Crippen LogP contribution in [0.4, 0.5) is 17.8 Å². The van der Waals surface area contributed by atoms with E-state index in [4.69, 9.17) is 9.47 Å². The Hall–Kier alpha value is -3.80. The minimum Gasteiger partial charge on any atom is -0.377 e. The highest BCUT2D eigenvalue weighted by Gasteiger charge is 2.16. The lowest BCUT2D eigenvalue weighted by atomic mass is 10.1. The van der Waals surface area contributed by atoms with Gasteiger partial charge in [-0.2, -0.15) is 15.0 Å². The van der Waals surface area contributed by atoms with Gasteiger partial charge in [-0.05, 0) is 24.1 Å². The first-order valence-corrected chi connectivity index (χ1v) is 13.5. The van der Waals surface area contributed by atoms with Crippen LogP contribution in [0.15, 0.2) is 60.7 Å². The van der Waals surface area contributed by atoms with Crippen molar-refractivity contribution in [2.45, 2.75) is 6.42 Å². The number of hydrogen-bond acceptors (Lipinski definition) is 10. The van der Waals surface area contributed by atoms with Gasteiger partial charge >= 0.3 is 0 Å². The van der Waals surface area contributed by atoms with Crippen LogP contribution in [0.25, 0.3) is 0 Å².